The lowest BCUT2D eigenvalue weighted by Gasteiger charge is -2.22. The topological polar surface area (TPSA) is 84.2 Å². The van der Waals surface area contributed by atoms with Gasteiger partial charge in [-0.1, -0.05) is 41.9 Å². The number of carbonyl (C=O) groups is 2. The Hall–Kier alpha value is -2.53. The van der Waals surface area contributed by atoms with Gasteiger partial charge in [0.2, 0.25) is 5.91 Å². The van der Waals surface area contributed by atoms with Gasteiger partial charge in [0.05, 0.1) is 12.5 Å². The van der Waals surface area contributed by atoms with Crippen molar-refractivity contribution in [2.75, 3.05) is 5.32 Å². The minimum absolute atomic E-state index is 0.0519. The number of nitrogens with two attached hydrogens (primary N) is 1. The first kappa shape index (κ1) is 18.3. The lowest BCUT2D eigenvalue weighted by molar-refractivity contribution is -0.116. The third-order valence-corrected chi connectivity index (χ3v) is 5.00. The third-order valence-electron chi connectivity index (χ3n) is 4.66. The fourth-order valence-corrected chi connectivity index (χ4v) is 3.72. The van der Waals surface area contributed by atoms with Gasteiger partial charge in [0.1, 0.15) is 0 Å². The molecule has 2 aromatic carbocycles. The summed E-state index contributed by atoms with van der Waals surface area (Å²) in [5, 5.41) is 6.08. The SMILES string of the molecule is NC(=O)NC(CC(=O)Nc1cccc2c1CCCC2)c1ccccc1Cl. The van der Waals surface area contributed by atoms with Gasteiger partial charge < -0.3 is 16.4 Å². The van der Waals surface area contributed by atoms with E-state index in [1.54, 1.807) is 18.2 Å². The Kier molecular flexibility index (Phi) is 5.78. The fraction of sp³-hybridized carbons (Fsp3) is 0.300. The third kappa shape index (κ3) is 4.35. The number of fused-ring (bicyclic) bond motifs is 1. The van der Waals surface area contributed by atoms with E-state index in [-0.39, 0.29) is 12.3 Å². The number of carbonyl (C=O) groups excluding carboxylic acids is 2. The first-order valence-electron chi connectivity index (χ1n) is 8.75. The summed E-state index contributed by atoms with van der Waals surface area (Å²) in [7, 11) is 0. The molecule has 0 aromatic heterocycles. The maximum Gasteiger partial charge on any atom is 0.312 e. The molecule has 5 nitrogen and oxygen atoms in total. The summed E-state index contributed by atoms with van der Waals surface area (Å²) >= 11 is 6.22. The van der Waals surface area contributed by atoms with E-state index in [9.17, 15) is 9.59 Å². The van der Waals surface area contributed by atoms with Crippen LogP contribution in [0.3, 0.4) is 0 Å². The number of primary amides is 1. The van der Waals surface area contributed by atoms with Gasteiger partial charge in [-0.2, -0.15) is 0 Å². The van der Waals surface area contributed by atoms with Crippen molar-refractivity contribution >= 4 is 29.2 Å². The Labute approximate surface area is 157 Å². The van der Waals surface area contributed by atoms with Crippen LogP contribution in [-0.2, 0) is 17.6 Å². The minimum atomic E-state index is -0.695. The van der Waals surface area contributed by atoms with E-state index in [4.69, 9.17) is 17.3 Å². The van der Waals surface area contributed by atoms with Crippen LogP contribution in [0.5, 0.6) is 0 Å². The van der Waals surface area contributed by atoms with E-state index < -0.39 is 12.1 Å². The summed E-state index contributed by atoms with van der Waals surface area (Å²) in [6, 6.07) is 11.8. The zero-order valence-electron chi connectivity index (χ0n) is 14.4. The highest BCUT2D eigenvalue weighted by Crippen LogP contribution is 2.29. The van der Waals surface area contributed by atoms with Crippen LogP contribution in [0.25, 0.3) is 0 Å². The molecule has 1 aliphatic carbocycles. The van der Waals surface area contributed by atoms with Gasteiger partial charge in [0, 0.05) is 10.7 Å². The molecule has 0 fully saturated rings. The smallest absolute Gasteiger partial charge is 0.312 e. The van der Waals surface area contributed by atoms with Gasteiger partial charge in [-0.15, -0.1) is 0 Å². The fourth-order valence-electron chi connectivity index (χ4n) is 3.45. The molecule has 0 saturated heterocycles. The lowest BCUT2D eigenvalue weighted by Crippen LogP contribution is -2.35. The molecule has 1 aliphatic rings. The molecule has 26 heavy (non-hydrogen) atoms. The highest BCUT2D eigenvalue weighted by atomic mass is 35.5. The van der Waals surface area contributed by atoms with E-state index in [1.165, 1.54) is 17.5 Å². The van der Waals surface area contributed by atoms with Gasteiger partial charge in [0.25, 0.3) is 0 Å². The number of urea groups is 1. The predicted octanol–water partition coefficient (Wildman–Crippen LogP) is 3.96. The zero-order valence-corrected chi connectivity index (χ0v) is 15.2. The van der Waals surface area contributed by atoms with E-state index in [2.05, 4.69) is 16.7 Å². The maximum absolute atomic E-state index is 12.6. The van der Waals surface area contributed by atoms with Crippen LogP contribution in [0, 0.1) is 0 Å². The van der Waals surface area contributed by atoms with E-state index in [0.29, 0.717) is 10.6 Å². The number of hydrogen-bond donors (Lipinski definition) is 3. The zero-order chi connectivity index (χ0) is 18.5. The molecule has 1 atom stereocenters. The van der Waals surface area contributed by atoms with Crippen LogP contribution in [0.15, 0.2) is 42.5 Å². The Balaban J connectivity index is 1.77. The number of benzene rings is 2. The number of anilines is 1. The van der Waals surface area contributed by atoms with Crippen molar-refractivity contribution in [1.82, 2.24) is 5.32 Å². The first-order valence-corrected chi connectivity index (χ1v) is 9.13. The number of nitrogens with one attached hydrogen (secondary N) is 2. The number of amides is 3. The standard InChI is InChI=1S/C20H22ClN3O2/c21-16-10-4-3-9-15(16)18(24-20(22)26)12-19(25)23-17-11-5-7-13-6-1-2-8-14(13)17/h3-5,7,9-11,18H,1-2,6,8,12H2,(H,23,25)(H3,22,24,26). The Morgan fingerprint density at radius 1 is 1.08 bits per heavy atom. The normalized spacial score (nSPS) is 14.2. The van der Waals surface area contributed by atoms with Crippen LogP contribution in [0.1, 0.15) is 42.0 Å². The highest BCUT2D eigenvalue weighted by Gasteiger charge is 2.21. The Bertz CT molecular complexity index is 822. The van der Waals surface area contributed by atoms with Gasteiger partial charge >= 0.3 is 6.03 Å². The lowest BCUT2D eigenvalue weighted by atomic mass is 9.90. The largest absolute Gasteiger partial charge is 0.352 e. The summed E-state index contributed by atoms with van der Waals surface area (Å²) in [4.78, 5) is 24.0. The van der Waals surface area contributed by atoms with Crippen LogP contribution in [0.2, 0.25) is 5.02 Å². The van der Waals surface area contributed by atoms with Crippen molar-refractivity contribution in [3.8, 4) is 0 Å². The minimum Gasteiger partial charge on any atom is -0.352 e. The Morgan fingerprint density at radius 3 is 2.62 bits per heavy atom. The molecular weight excluding hydrogens is 350 g/mol. The monoisotopic (exact) mass is 371 g/mol. The van der Waals surface area contributed by atoms with E-state index in [0.717, 1.165) is 24.9 Å². The summed E-state index contributed by atoms with van der Waals surface area (Å²) in [6.45, 7) is 0. The highest BCUT2D eigenvalue weighted by molar-refractivity contribution is 6.31. The number of hydrogen-bond acceptors (Lipinski definition) is 2. The van der Waals surface area contributed by atoms with Crippen LogP contribution >= 0.6 is 11.6 Å². The van der Waals surface area contributed by atoms with Crippen molar-refractivity contribution in [3.05, 3.63) is 64.2 Å². The molecule has 136 valence electrons. The van der Waals surface area contributed by atoms with Crippen molar-refractivity contribution in [2.45, 2.75) is 38.1 Å². The molecular formula is C20H22ClN3O2. The van der Waals surface area contributed by atoms with Gasteiger partial charge in [0.15, 0.2) is 0 Å². The number of aryl methyl sites for hydroxylation is 1. The second-order valence-electron chi connectivity index (χ2n) is 6.49. The maximum atomic E-state index is 12.6. The molecule has 0 bridgehead atoms. The molecule has 6 heteroatoms. The van der Waals surface area contributed by atoms with Crippen LogP contribution in [0.4, 0.5) is 10.5 Å². The molecule has 3 amide bonds. The second-order valence-corrected chi connectivity index (χ2v) is 6.89. The quantitative estimate of drug-likeness (QED) is 0.743. The van der Waals surface area contributed by atoms with Gasteiger partial charge in [-0.05, 0) is 54.5 Å². The summed E-state index contributed by atoms with van der Waals surface area (Å²) in [5.41, 5.74) is 9.30. The summed E-state index contributed by atoms with van der Waals surface area (Å²) in [5.74, 6) is -0.192. The second kappa shape index (κ2) is 8.23. The average Bonchev–Trinajstić information content (AvgIpc) is 2.61. The summed E-state index contributed by atoms with van der Waals surface area (Å²) in [6.07, 6.45) is 4.38. The molecule has 0 radical (unpaired) electrons. The molecule has 0 spiro atoms. The molecule has 2 aromatic rings. The van der Waals surface area contributed by atoms with Crippen molar-refractivity contribution < 1.29 is 9.59 Å². The predicted molar refractivity (Wildman–Crippen MR) is 103 cm³/mol. The molecule has 0 heterocycles. The first-order chi connectivity index (χ1) is 12.5. The Morgan fingerprint density at radius 2 is 1.85 bits per heavy atom. The van der Waals surface area contributed by atoms with Crippen molar-refractivity contribution in [1.29, 1.82) is 0 Å². The summed E-state index contributed by atoms with van der Waals surface area (Å²) < 4.78 is 0. The van der Waals surface area contributed by atoms with Crippen LogP contribution < -0.4 is 16.4 Å². The number of rotatable bonds is 5. The molecule has 0 aliphatic heterocycles. The van der Waals surface area contributed by atoms with Crippen molar-refractivity contribution in [2.24, 2.45) is 5.73 Å². The molecule has 3 rings (SSSR count). The molecule has 4 N–H and O–H groups in total. The van der Waals surface area contributed by atoms with E-state index in [1.807, 2.05) is 18.2 Å². The van der Waals surface area contributed by atoms with E-state index >= 15 is 0 Å². The number of halogens is 1. The molecule has 0 saturated carbocycles. The van der Waals surface area contributed by atoms with Gasteiger partial charge in [-0.25, -0.2) is 4.79 Å². The molecule has 1 unspecified atom stereocenters. The average molecular weight is 372 g/mol. The van der Waals surface area contributed by atoms with Crippen LogP contribution in [-0.4, -0.2) is 11.9 Å². The van der Waals surface area contributed by atoms with Crippen molar-refractivity contribution in [3.63, 3.8) is 0 Å². The van der Waals surface area contributed by atoms with Gasteiger partial charge in [-0.3, -0.25) is 4.79 Å².